The smallest absolute Gasteiger partial charge is 0.210 e. The first kappa shape index (κ1) is 8.01. The van der Waals surface area contributed by atoms with Gasteiger partial charge in [0.05, 0.1) is 11.3 Å². The topological polar surface area (TPSA) is 67.4 Å². The molecule has 0 fully saturated rings. The van der Waals surface area contributed by atoms with E-state index in [4.69, 9.17) is 5.26 Å². The highest BCUT2D eigenvalue weighted by molar-refractivity contribution is 8.00. The first-order valence-corrected chi connectivity index (χ1v) is 3.90. The number of aryl methyl sites for hydroxylation is 1. The normalized spacial score (nSPS) is 12.5. The molecule has 0 aliphatic heterocycles. The molecule has 1 rings (SSSR count). The predicted octanol–water partition coefficient (Wildman–Crippen LogP) is 0.214. The lowest BCUT2D eigenvalue weighted by Crippen LogP contribution is -1.97. The molecule has 5 nitrogen and oxygen atoms in total. The minimum Gasteiger partial charge on any atom is -0.224 e. The molecule has 1 aromatic rings. The highest BCUT2D eigenvalue weighted by Crippen LogP contribution is 2.17. The van der Waals surface area contributed by atoms with Crippen LogP contribution in [0.2, 0.25) is 0 Å². The van der Waals surface area contributed by atoms with Gasteiger partial charge in [-0.1, -0.05) is 11.8 Å². The van der Waals surface area contributed by atoms with E-state index in [9.17, 15) is 0 Å². The Morgan fingerprint density at radius 1 is 1.73 bits per heavy atom. The van der Waals surface area contributed by atoms with Crippen molar-refractivity contribution in [1.29, 1.82) is 5.26 Å². The second kappa shape index (κ2) is 3.34. The SMILES string of the molecule is CC(C#N)Sc1nnnn1C. The van der Waals surface area contributed by atoms with Crippen molar-refractivity contribution in [3.05, 3.63) is 0 Å². The maximum atomic E-state index is 8.48. The zero-order chi connectivity index (χ0) is 8.27. The van der Waals surface area contributed by atoms with Crippen LogP contribution in [0.5, 0.6) is 0 Å². The minimum atomic E-state index is -0.111. The third-order valence-corrected chi connectivity index (χ3v) is 2.06. The summed E-state index contributed by atoms with van der Waals surface area (Å²) in [7, 11) is 1.74. The van der Waals surface area contributed by atoms with E-state index in [1.165, 1.54) is 11.8 Å². The number of nitrogens with zero attached hydrogens (tertiary/aromatic N) is 5. The van der Waals surface area contributed by atoms with Gasteiger partial charge >= 0.3 is 0 Å². The highest BCUT2D eigenvalue weighted by Gasteiger charge is 2.07. The van der Waals surface area contributed by atoms with E-state index in [1.807, 2.05) is 0 Å². The van der Waals surface area contributed by atoms with Crippen molar-refractivity contribution in [1.82, 2.24) is 20.2 Å². The fourth-order valence-electron chi connectivity index (χ4n) is 0.506. The van der Waals surface area contributed by atoms with Crippen molar-refractivity contribution in [2.75, 3.05) is 0 Å². The summed E-state index contributed by atoms with van der Waals surface area (Å²) in [6.07, 6.45) is 0. The van der Waals surface area contributed by atoms with E-state index >= 15 is 0 Å². The second-order valence-corrected chi connectivity index (χ2v) is 3.28. The van der Waals surface area contributed by atoms with Crippen LogP contribution < -0.4 is 0 Å². The van der Waals surface area contributed by atoms with Crippen molar-refractivity contribution < 1.29 is 0 Å². The van der Waals surface area contributed by atoms with Gasteiger partial charge in [0.15, 0.2) is 0 Å². The highest BCUT2D eigenvalue weighted by atomic mass is 32.2. The molecule has 0 spiro atoms. The van der Waals surface area contributed by atoms with E-state index in [2.05, 4.69) is 21.6 Å². The van der Waals surface area contributed by atoms with Crippen molar-refractivity contribution in [2.45, 2.75) is 17.3 Å². The molecule has 1 unspecified atom stereocenters. The fourth-order valence-corrected chi connectivity index (χ4v) is 1.15. The Balaban J connectivity index is 2.66. The molecule has 0 bridgehead atoms. The monoisotopic (exact) mass is 169 g/mol. The first-order valence-electron chi connectivity index (χ1n) is 3.02. The molecule has 1 heterocycles. The maximum absolute atomic E-state index is 8.48. The molecule has 0 aliphatic carbocycles. The molecule has 1 aromatic heterocycles. The van der Waals surface area contributed by atoms with Crippen LogP contribution in [0.3, 0.4) is 0 Å². The van der Waals surface area contributed by atoms with Crippen LogP contribution in [-0.2, 0) is 7.05 Å². The lowest BCUT2D eigenvalue weighted by Gasteiger charge is -1.97. The average Bonchev–Trinajstić information content (AvgIpc) is 2.37. The molecule has 1 atom stereocenters. The van der Waals surface area contributed by atoms with Gasteiger partial charge in [-0.15, -0.1) is 5.10 Å². The zero-order valence-corrected chi connectivity index (χ0v) is 7.04. The molecule has 6 heteroatoms. The summed E-state index contributed by atoms with van der Waals surface area (Å²) in [6.45, 7) is 1.80. The lowest BCUT2D eigenvalue weighted by molar-refractivity contribution is 0.664. The predicted molar refractivity (Wildman–Crippen MR) is 39.7 cm³/mol. The molecule has 0 aromatic carbocycles. The average molecular weight is 169 g/mol. The Kier molecular flexibility index (Phi) is 2.44. The Hall–Kier alpha value is -1.09. The molecule has 0 saturated carbocycles. The third-order valence-electron chi connectivity index (χ3n) is 1.05. The summed E-state index contributed by atoms with van der Waals surface area (Å²) in [5.74, 6) is 0. The Morgan fingerprint density at radius 3 is 2.91 bits per heavy atom. The van der Waals surface area contributed by atoms with Gasteiger partial charge in [-0.05, 0) is 17.4 Å². The summed E-state index contributed by atoms with van der Waals surface area (Å²) in [6, 6.07) is 2.08. The molecule has 0 aliphatic rings. The van der Waals surface area contributed by atoms with E-state index < -0.39 is 0 Å². The molecule has 0 N–H and O–H groups in total. The number of nitriles is 1. The number of hydrogen-bond donors (Lipinski definition) is 0. The second-order valence-electron chi connectivity index (χ2n) is 1.97. The number of hydrogen-bond acceptors (Lipinski definition) is 5. The van der Waals surface area contributed by atoms with Crippen LogP contribution >= 0.6 is 11.8 Å². The van der Waals surface area contributed by atoms with Gasteiger partial charge in [-0.3, -0.25) is 0 Å². The number of tetrazole rings is 1. The quantitative estimate of drug-likeness (QED) is 0.592. The van der Waals surface area contributed by atoms with Gasteiger partial charge in [0.2, 0.25) is 5.16 Å². The number of rotatable bonds is 2. The Bertz CT molecular complexity index is 275. The molecular formula is C5H7N5S. The first-order chi connectivity index (χ1) is 5.24. The molecule has 58 valence electrons. The largest absolute Gasteiger partial charge is 0.224 e. The standard InChI is InChI=1S/C5H7N5S/c1-4(3-6)11-5-7-8-9-10(5)2/h4H,1-2H3. The van der Waals surface area contributed by atoms with Gasteiger partial charge in [-0.2, -0.15) is 5.26 Å². The van der Waals surface area contributed by atoms with Crippen LogP contribution in [0, 0.1) is 11.3 Å². The lowest BCUT2D eigenvalue weighted by atomic mass is 10.5. The van der Waals surface area contributed by atoms with Crippen molar-refractivity contribution in [3.8, 4) is 6.07 Å². The van der Waals surface area contributed by atoms with Crippen LogP contribution in [0.1, 0.15) is 6.92 Å². The molecular weight excluding hydrogens is 162 g/mol. The zero-order valence-electron chi connectivity index (χ0n) is 6.22. The summed E-state index contributed by atoms with van der Waals surface area (Å²) < 4.78 is 1.54. The van der Waals surface area contributed by atoms with E-state index in [0.29, 0.717) is 5.16 Å². The molecule has 11 heavy (non-hydrogen) atoms. The molecule has 0 saturated heterocycles. The Morgan fingerprint density at radius 2 is 2.45 bits per heavy atom. The van der Waals surface area contributed by atoms with E-state index in [0.717, 1.165) is 0 Å². The van der Waals surface area contributed by atoms with Gasteiger partial charge in [0, 0.05) is 7.05 Å². The number of thioether (sulfide) groups is 1. The van der Waals surface area contributed by atoms with Crippen LogP contribution in [0.15, 0.2) is 5.16 Å². The van der Waals surface area contributed by atoms with Gasteiger partial charge in [0.25, 0.3) is 0 Å². The summed E-state index contributed by atoms with van der Waals surface area (Å²) in [5.41, 5.74) is 0. The maximum Gasteiger partial charge on any atom is 0.210 e. The van der Waals surface area contributed by atoms with Crippen molar-refractivity contribution in [3.63, 3.8) is 0 Å². The van der Waals surface area contributed by atoms with Gasteiger partial charge in [0.1, 0.15) is 0 Å². The molecule has 0 radical (unpaired) electrons. The van der Waals surface area contributed by atoms with Crippen molar-refractivity contribution in [2.24, 2.45) is 7.05 Å². The number of aromatic nitrogens is 4. The van der Waals surface area contributed by atoms with E-state index in [-0.39, 0.29) is 5.25 Å². The molecule has 0 amide bonds. The van der Waals surface area contributed by atoms with E-state index in [1.54, 1.807) is 18.7 Å². The Labute approximate surface area is 68.4 Å². The summed E-state index contributed by atoms with van der Waals surface area (Å²) in [5, 5.41) is 19.8. The minimum absolute atomic E-state index is 0.111. The van der Waals surface area contributed by atoms with Crippen LogP contribution in [0.4, 0.5) is 0 Å². The third kappa shape index (κ3) is 1.91. The summed E-state index contributed by atoms with van der Waals surface area (Å²) >= 11 is 1.34. The van der Waals surface area contributed by atoms with Crippen LogP contribution in [0.25, 0.3) is 0 Å². The van der Waals surface area contributed by atoms with Gasteiger partial charge < -0.3 is 0 Å². The van der Waals surface area contributed by atoms with Gasteiger partial charge in [-0.25, -0.2) is 4.68 Å². The fraction of sp³-hybridized carbons (Fsp3) is 0.600. The summed E-state index contributed by atoms with van der Waals surface area (Å²) in [4.78, 5) is 0. The van der Waals surface area contributed by atoms with Crippen LogP contribution in [-0.4, -0.2) is 25.5 Å². The van der Waals surface area contributed by atoms with Crippen molar-refractivity contribution >= 4 is 11.8 Å².